The number of likely N-dealkylation sites (N-methyl/N-ethyl adjacent to an activating group) is 1. The van der Waals surface area contributed by atoms with Gasteiger partial charge in [0.25, 0.3) is 0 Å². The Morgan fingerprint density at radius 2 is 2.17 bits per heavy atom. The van der Waals surface area contributed by atoms with Crippen LogP contribution in [0.25, 0.3) is 0 Å². The normalized spacial score (nSPS) is 16.7. The summed E-state index contributed by atoms with van der Waals surface area (Å²) in [7, 11) is 0. The molecule has 0 bridgehead atoms. The van der Waals surface area contributed by atoms with Crippen molar-refractivity contribution in [3.8, 4) is 11.8 Å². The largest absolute Gasteiger partial charge is 0.491 e. The van der Waals surface area contributed by atoms with Crippen molar-refractivity contribution >= 4 is 0 Å². The molecule has 1 aromatic carbocycles. The highest BCUT2D eigenvalue weighted by molar-refractivity contribution is 5.38. The molecule has 0 saturated heterocycles. The molecule has 1 aliphatic carbocycles. The average molecular weight is 244 g/mol. The summed E-state index contributed by atoms with van der Waals surface area (Å²) < 4.78 is 5.75. The monoisotopic (exact) mass is 244 g/mol. The van der Waals surface area contributed by atoms with E-state index in [1.165, 1.54) is 24.0 Å². The first-order chi connectivity index (χ1) is 8.67. The van der Waals surface area contributed by atoms with Gasteiger partial charge in [0.2, 0.25) is 0 Å². The fourth-order valence-corrected chi connectivity index (χ4v) is 2.38. The standard InChI is InChI=1S/C15H20N2O/c1-3-17-15(2,10-16)11-18-14-8-7-12-5-4-6-13(12)9-14/h7-9,17H,3-6,11H2,1-2H3. The van der Waals surface area contributed by atoms with Gasteiger partial charge in [-0.1, -0.05) is 13.0 Å². The van der Waals surface area contributed by atoms with Crippen molar-refractivity contribution in [2.24, 2.45) is 0 Å². The van der Waals surface area contributed by atoms with E-state index < -0.39 is 5.54 Å². The van der Waals surface area contributed by atoms with Crippen molar-refractivity contribution in [3.05, 3.63) is 29.3 Å². The molecule has 1 atom stereocenters. The van der Waals surface area contributed by atoms with Crippen LogP contribution in [0.15, 0.2) is 18.2 Å². The van der Waals surface area contributed by atoms with Gasteiger partial charge in [-0.3, -0.25) is 5.32 Å². The molecular weight excluding hydrogens is 224 g/mol. The maximum atomic E-state index is 9.16. The second-order valence-corrected chi connectivity index (χ2v) is 5.05. The number of ether oxygens (including phenoxy) is 1. The lowest BCUT2D eigenvalue weighted by Crippen LogP contribution is -2.46. The van der Waals surface area contributed by atoms with E-state index >= 15 is 0 Å². The Balaban J connectivity index is 2.00. The Morgan fingerprint density at radius 3 is 2.89 bits per heavy atom. The summed E-state index contributed by atoms with van der Waals surface area (Å²) in [5.41, 5.74) is 2.22. The molecule has 0 radical (unpaired) electrons. The molecule has 0 saturated carbocycles. The molecule has 1 unspecified atom stereocenters. The first-order valence-electron chi connectivity index (χ1n) is 6.58. The van der Waals surface area contributed by atoms with Crippen LogP contribution in [0.3, 0.4) is 0 Å². The number of nitrogens with zero attached hydrogens (tertiary/aromatic N) is 1. The topological polar surface area (TPSA) is 45.0 Å². The smallest absolute Gasteiger partial charge is 0.138 e. The van der Waals surface area contributed by atoms with Crippen molar-refractivity contribution in [2.45, 2.75) is 38.6 Å². The molecule has 18 heavy (non-hydrogen) atoms. The van der Waals surface area contributed by atoms with Gasteiger partial charge in [-0.15, -0.1) is 0 Å². The van der Waals surface area contributed by atoms with E-state index in [-0.39, 0.29) is 0 Å². The number of benzene rings is 1. The van der Waals surface area contributed by atoms with E-state index in [1.54, 1.807) is 0 Å². The third-order valence-corrected chi connectivity index (χ3v) is 3.41. The third kappa shape index (κ3) is 2.83. The van der Waals surface area contributed by atoms with Crippen molar-refractivity contribution in [2.75, 3.05) is 13.2 Å². The van der Waals surface area contributed by atoms with Crippen molar-refractivity contribution in [1.82, 2.24) is 5.32 Å². The van der Waals surface area contributed by atoms with Gasteiger partial charge in [0.15, 0.2) is 0 Å². The fraction of sp³-hybridized carbons (Fsp3) is 0.533. The van der Waals surface area contributed by atoms with E-state index in [4.69, 9.17) is 10.00 Å². The molecule has 0 spiro atoms. The highest BCUT2D eigenvalue weighted by atomic mass is 16.5. The zero-order valence-corrected chi connectivity index (χ0v) is 11.1. The minimum absolute atomic E-state index is 0.371. The van der Waals surface area contributed by atoms with Gasteiger partial charge in [0.05, 0.1) is 6.07 Å². The highest BCUT2D eigenvalue weighted by Crippen LogP contribution is 2.26. The quantitative estimate of drug-likeness (QED) is 0.865. The molecule has 96 valence electrons. The van der Waals surface area contributed by atoms with E-state index in [0.29, 0.717) is 6.61 Å². The van der Waals surface area contributed by atoms with Gasteiger partial charge >= 0.3 is 0 Å². The Morgan fingerprint density at radius 1 is 1.39 bits per heavy atom. The highest BCUT2D eigenvalue weighted by Gasteiger charge is 2.23. The van der Waals surface area contributed by atoms with Gasteiger partial charge in [-0.25, -0.2) is 0 Å². The molecule has 0 aliphatic heterocycles. The molecule has 1 aliphatic rings. The van der Waals surface area contributed by atoms with Gasteiger partial charge < -0.3 is 4.74 Å². The van der Waals surface area contributed by atoms with Crippen LogP contribution in [0.1, 0.15) is 31.4 Å². The molecule has 0 aromatic heterocycles. The van der Waals surface area contributed by atoms with E-state index in [0.717, 1.165) is 18.7 Å². The fourth-order valence-electron chi connectivity index (χ4n) is 2.38. The summed E-state index contributed by atoms with van der Waals surface area (Å²) in [5, 5.41) is 12.3. The number of nitriles is 1. The Hall–Kier alpha value is -1.53. The zero-order chi connectivity index (χ0) is 13.0. The maximum Gasteiger partial charge on any atom is 0.138 e. The van der Waals surface area contributed by atoms with Crippen molar-refractivity contribution < 1.29 is 4.74 Å². The van der Waals surface area contributed by atoms with Crippen molar-refractivity contribution in [3.63, 3.8) is 0 Å². The summed E-state index contributed by atoms with van der Waals surface area (Å²) >= 11 is 0. The van der Waals surface area contributed by atoms with Gasteiger partial charge in [0.1, 0.15) is 17.9 Å². The maximum absolute atomic E-state index is 9.16. The van der Waals surface area contributed by atoms with Crippen LogP contribution in [0.5, 0.6) is 5.75 Å². The first kappa shape index (κ1) is 12.9. The molecule has 1 N–H and O–H groups in total. The molecule has 0 fully saturated rings. The molecular formula is C15H20N2O. The molecule has 2 rings (SSSR count). The van der Waals surface area contributed by atoms with Crippen LogP contribution in [0, 0.1) is 11.3 Å². The second kappa shape index (κ2) is 5.41. The number of hydrogen-bond donors (Lipinski definition) is 1. The predicted molar refractivity (Wildman–Crippen MR) is 71.7 cm³/mol. The summed E-state index contributed by atoms with van der Waals surface area (Å²) in [6.07, 6.45) is 3.57. The van der Waals surface area contributed by atoms with E-state index in [1.807, 2.05) is 19.9 Å². The summed E-state index contributed by atoms with van der Waals surface area (Å²) in [6, 6.07) is 8.54. The Kier molecular flexibility index (Phi) is 3.88. The van der Waals surface area contributed by atoms with Crippen LogP contribution in [0.4, 0.5) is 0 Å². The molecule has 1 aromatic rings. The minimum Gasteiger partial charge on any atom is -0.491 e. The van der Waals surface area contributed by atoms with Crippen LogP contribution < -0.4 is 10.1 Å². The van der Waals surface area contributed by atoms with E-state index in [2.05, 4.69) is 23.5 Å². The lowest BCUT2D eigenvalue weighted by Gasteiger charge is -2.22. The molecule has 3 nitrogen and oxygen atoms in total. The average Bonchev–Trinajstić information content (AvgIpc) is 2.84. The number of hydrogen-bond acceptors (Lipinski definition) is 3. The molecule has 0 heterocycles. The molecule has 3 heteroatoms. The van der Waals surface area contributed by atoms with Crippen LogP contribution >= 0.6 is 0 Å². The number of aryl methyl sites for hydroxylation is 2. The lowest BCUT2D eigenvalue weighted by molar-refractivity contribution is 0.236. The third-order valence-electron chi connectivity index (χ3n) is 3.41. The number of rotatable bonds is 5. The van der Waals surface area contributed by atoms with Gasteiger partial charge in [0, 0.05) is 0 Å². The minimum atomic E-state index is -0.617. The lowest BCUT2D eigenvalue weighted by atomic mass is 10.1. The van der Waals surface area contributed by atoms with Crippen LogP contribution in [-0.2, 0) is 12.8 Å². The Bertz CT molecular complexity index is 464. The second-order valence-electron chi connectivity index (χ2n) is 5.05. The Labute approximate surface area is 109 Å². The number of fused-ring (bicyclic) bond motifs is 1. The van der Waals surface area contributed by atoms with Crippen LogP contribution in [-0.4, -0.2) is 18.7 Å². The SMILES string of the molecule is CCNC(C)(C#N)COc1ccc2c(c1)CCC2. The number of nitrogens with one attached hydrogen (secondary N) is 1. The summed E-state index contributed by atoms with van der Waals surface area (Å²) in [6.45, 7) is 4.99. The summed E-state index contributed by atoms with van der Waals surface area (Å²) in [4.78, 5) is 0. The summed E-state index contributed by atoms with van der Waals surface area (Å²) in [5.74, 6) is 0.870. The van der Waals surface area contributed by atoms with Crippen LogP contribution in [0.2, 0.25) is 0 Å². The van der Waals surface area contributed by atoms with Crippen molar-refractivity contribution in [1.29, 1.82) is 5.26 Å². The predicted octanol–water partition coefficient (Wildman–Crippen LogP) is 2.45. The van der Waals surface area contributed by atoms with Gasteiger partial charge in [-0.2, -0.15) is 5.26 Å². The van der Waals surface area contributed by atoms with E-state index in [9.17, 15) is 0 Å². The first-order valence-corrected chi connectivity index (χ1v) is 6.58. The zero-order valence-electron chi connectivity index (χ0n) is 11.1. The molecule has 0 amide bonds. The van der Waals surface area contributed by atoms with Gasteiger partial charge in [-0.05, 0) is 56.0 Å².